The molecule has 2 heterocycles. The number of aromatic nitrogens is 2. The molecule has 0 saturated heterocycles. The molecule has 35 heavy (non-hydrogen) atoms. The molecule has 0 saturated carbocycles. The molecule has 0 bridgehead atoms. The van der Waals surface area contributed by atoms with E-state index in [0.29, 0.717) is 23.7 Å². The highest BCUT2D eigenvalue weighted by Crippen LogP contribution is 2.29. The van der Waals surface area contributed by atoms with Crippen molar-refractivity contribution in [2.45, 2.75) is 32.1 Å². The highest BCUT2D eigenvalue weighted by Gasteiger charge is 2.36. The molecule has 0 aliphatic carbocycles. The van der Waals surface area contributed by atoms with Crippen LogP contribution in [0.2, 0.25) is 0 Å². The smallest absolute Gasteiger partial charge is 0.393 e. The number of fused-ring (bicyclic) bond motifs is 1. The number of carbonyl (C=O) groups is 2. The van der Waals surface area contributed by atoms with Crippen LogP contribution in [0.4, 0.5) is 24.5 Å². The van der Waals surface area contributed by atoms with Crippen LogP contribution in [0.1, 0.15) is 38.9 Å². The summed E-state index contributed by atoms with van der Waals surface area (Å²) in [7, 11) is 1.43. The maximum absolute atomic E-state index is 13.4. The van der Waals surface area contributed by atoms with E-state index in [0.717, 1.165) is 0 Å². The molecule has 0 radical (unpaired) electrons. The molecule has 1 aromatic heterocycles. The quantitative estimate of drug-likeness (QED) is 0.587. The van der Waals surface area contributed by atoms with Crippen LogP contribution in [0.5, 0.6) is 5.75 Å². The Morgan fingerprint density at radius 2 is 1.97 bits per heavy atom. The van der Waals surface area contributed by atoms with Gasteiger partial charge in [0, 0.05) is 11.4 Å². The van der Waals surface area contributed by atoms with E-state index in [1.807, 2.05) is 6.07 Å². The van der Waals surface area contributed by atoms with Gasteiger partial charge in [0.2, 0.25) is 0 Å². The summed E-state index contributed by atoms with van der Waals surface area (Å²) in [6, 6.07) is 11.8. The molecular formula is C24H20F3N5O3. The Balaban J connectivity index is 1.60. The number of nitriles is 1. The monoisotopic (exact) mass is 483 g/mol. The molecule has 2 aromatic carbocycles. The summed E-state index contributed by atoms with van der Waals surface area (Å²) in [6.07, 6.45) is -4.10. The minimum atomic E-state index is -4.33. The zero-order valence-electron chi connectivity index (χ0n) is 18.8. The lowest BCUT2D eigenvalue weighted by Crippen LogP contribution is -2.47. The van der Waals surface area contributed by atoms with Gasteiger partial charge in [0.1, 0.15) is 17.5 Å². The van der Waals surface area contributed by atoms with Crippen molar-refractivity contribution in [3.05, 3.63) is 71.0 Å². The number of halogens is 3. The van der Waals surface area contributed by atoms with Crippen molar-refractivity contribution in [3.8, 4) is 11.8 Å². The fourth-order valence-corrected chi connectivity index (χ4v) is 4.01. The number of benzene rings is 2. The first-order valence-corrected chi connectivity index (χ1v) is 10.6. The molecule has 11 heteroatoms. The molecule has 180 valence electrons. The van der Waals surface area contributed by atoms with Crippen molar-refractivity contribution >= 4 is 23.2 Å². The predicted molar refractivity (Wildman–Crippen MR) is 120 cm³/mol. The average molecular weight is 483 g/mol. The molecule has 3 aromatic rings. The van der Waals surface area contributed by atoms with Gasteiger partial charge in [-0.15, -0.1) is 0 Å². The molecule has 1 N–H and O–H groups in total. The topological polar surface area (TPSA) is 100 Å². The maximum Gasteiger partial charge on any atom is 0.393 e. The van der Waals surface area contributed by atoms with E-state index in [-0.39, 0.29) is 28.4 Å². The lowest BCUT2D eigenvalue weighted by molar-refractivity contribution is -0.127. The third-order valence-corrected chi connectivity index (χ3v) is 5.58. The summed E-state index contributed by atoms with van der Waals surface area (Å²) in [6.45, 7) is 2.08. The van der Waals surface area contributed by atoms with Gasteiger partial charge >= 0.3 is 6.18 Å². The first-order chi connectivity index (χ1) is 16.6. The van der Waals surface area contributed by atoms with Crippen molar-refractivity contribution in [1.82, 2.24) is 9.78 Å². The number of amides is 2. The van der Waals surface area contributed by atoms with Gasteiger partial charge in [-0.1, -0.05) is 12.1 Å². The molecule has 1 atom stereocenters. The molecule has 4 rings (SSSR count). The second kappa shape index (κ2) is 9.13. The van der Waals surface area contributed by atoms with Crippen molar-refractivity contribution in [2.24, 2.45) is 0 Å². The van der Waals surface area contributed by atoms with Crippen LogP contribution >= 0.6 is 0 Å². The standard InChI is InChI=1S/C24H20F3N5O3/c1-14-13-31-21(23(34)32(14)18-6-3-15(4-7-18)10-24(25,26)27)19(12-29-31)22(33)30-17-5-8-20(35-2)16(9-17)11-28/h3-9,12,14H,10,13H2,1-2H3,(H,30,33)/t14-/m0/s1. The molecule has 2 amide bonds. The van der Waals surface area contributed by atoms with Gasteiger partial charge in [0.05, 0.1) is 43.4 Å². The Morgan fingerprint density at radius 3 is 2.60 bits per heavy atom. The zero-order valence-corrected chi connectivity index (χ0v) is 18.8. The largest absolute Gasteiger partial charge is 0.495 e. The Hall–Kier alpha value is -4.33. The zero-order chi connectivity index (χ0) is 25.3. The number of methoxy groups -OCH3 is 1. The van der Waals surface area contributed by atoms with Crippen LogP contribution in [0.25, 0.3) is 0 Å². The van der Waals surface area contributed by atoms with Crippen molar-refractivity contribution in [2.75, 3.05) is 17.3 Å². The molecule has 8 nitrogen and oxygen atoms in total. The Kier molecular flexibility index (Phi) is 6.22. The summed E-state index contributed by atoms with van der Waals surface area (Å²) < 4.78 is 44.6. The summed E-state index contributed by atoms with van der Waals surface area (Å²) in [5, 5.41) is 16.1. The first-order valence-electron chi connectivity index (χ1n) is 10.6. The second-order valence-corrected chi connectivity index (χ2v) is 8.05. The maximum atomic E-state index is 13.4. The average Bonchev–Trinajstić information content (AvgIpc) is 3.23. The van der Waals surface area contributed by atoms with Gasteiger partial charge in [-0.3, -0.25) is 14.3 Å². The predicted octanol–water partition coefficient (Wildman–Crippen LogP) is 4.17. The third kappa shape index (κ3) is 4.82. The van der Waals surface area contributed by atoms with E-state index in [2.05, 4.69) is 10.4 Å². The molecule has 0 unspecified atom stereocenters. The van der Waals surface area contributed by atoms with E-state index >= 15 is 0 Å². The summed E-state index contributed by atoms with van der Waals surface area (Å²) in [4.78, 5) is 27.8. The summed E-state index contributed by atoms with van der Waals surface area (Å²) in [5.41, 5.74) is 1.16. The van der Waals surface area contributed by atoms with Gasteiger partial charge < -0.3 is 15.0 Å². The highest BCUT2D eigenvalue weighted by atomic mass is 19.4. The van der Waals surface area contributed by atoms with Gasteiger partial charge in [0.15, 0.2) is 0 Å². The van der Waals surface area contributed by atoms with E-state index in [1.54, 1.807) is 19.1 Å². The van der Waals surface area contributed by atoms with Crippen LogP contribution in [0, 0.1) is 11.3 Å². The SMILES string of the molecule is COc1ccc(NC(=O)c2cnn3c2C(=O)N(c2ccc(CC(F)(F)F)cc2)[C@@H](C)C3)cc1C#N. The van der Waals surface area contributed by atoms with Crippen molar-refractivity contribution in [1.29, 1.82) is 5.26 Å². The van der Waals surface area contributed by atoms with Gasteiger partial charge in [-0.05, 0) is 42.8 Å². The van der Waals surface area contributed by atoms with Crippen LogP contribution in [-0.4, -0.2) is 40.9 Å². The van der Waals surface area contributed by atoms with Crippen molar-refractivity contribution < 1.29 is 27.5 Å². The lowest BCUT2D eigenvalue weighted by Gasteiger charge is -2.34. The van der Waals surface area contributed by atoms with Gasteiger partial charge in [-0.2, -0.15) is 23.5 Å². The minimum absolute atomic E-state index is 0.0370. The number of rotatable bonds is 5. The van der Waals surface area contributed by atoms with Gasteiger partial charge in [0.25, 0.3) is 11.8 Å². The van der Waals surface area contributed by atoms with Crippen LogP contribution in [0.15, 0.2) is 48.7 Å². The Labute approximate surface area is 198 Å². The van der Waals surface area contributed by atoms with Crippen LogP contribution in [0.3, 0.4) is 0 Å². The van der Waals surface area contributed by atoms with Crippen LogP contribution < -0.4 is 15.0 Å². The lowest BCUT2D eigenvalue weighted by atomic mass is 10.1. The normalized spacial score (nSPS) is 15.4. The fraction of sp³-hybridized carbons (Fsp3) is 0.250. The van der Waals surface area contributed by atoms with Gasteiger partial charge in [-0.25, -0.2) is 0 Å². The Morgan fingerprint density at radius 1 is 1.26 bits per heavy atom. The number of carbonyl (C=O) groups excluding carboxylic acids is 2. The number of nitrogens with one attached hydrogen (secondary N) is 1. The van der Waals surface area contributed by atoms with E-state index in [1.165, 1.54) is 53.2 Å². The summed E-state index contributed by atoms with van der Waals surface area (Å²) >= 11 is 0. The number of hydrogen-bond acceptors (Lipinski definition) is 5. The number of anilines is 2. The number of hydrogen-bond donors (Lipinski definition) is 1. The highest BCUT2D eigenvalue weighted by molar-refractivity contribution is 6.15. The molecule has 1 aliphatic heterocycles. The molecular weight excluding hydrogens is 463 g/mol. The second-order valence-electron chi connectivity index (χ2n) is 8.05. The minimum Gasteiger partial charge on any atom is -0.495 e. The fourth-order valence-electron chi connectivity index (χ4n) is 4.01. The van der Waals surface area contributed by atoms with E-state index in [4.69, 9.17) is 4.74 Å². The van der Waals surface area contributed by atoms with Crippen LogP contribution in [-0.2, 0) is 13.0 Å². The van der Waals surface area contributed by atoms with E-state index < -0.39 is 24.4 Å². The number of alkyl halides is 3. The Bertz CT molecular complexity index is 1330. The van der Waals surface area contributed by atoms with E-state index in [9.17, 15) is 28.0 Å². The molecule has 0 fully saturated rings. The number of nitrogens with zero attached hydrogens (tertiary/aromatic N) is 4. The third-order valence-electron chi connectivity index (χ3n) is 5.58. The molecule has 0 spiro atoms. The summed E-state index contributed by atoms with van der Waals surface area (Å²) in [5.74, 6) is -0.736. The molecule has 1 aliphatic rings. The number of ether oxygens (including phenoxy) is 1. The van der Waals surface area contributed by atoms with Crippen molar-refractivity contribution in [3.63, 3.8) is 0 Å². The first kappa shape index (κ1) is 23.8.